The lowest BCUT2D eigenvalue weighted by Gasteiger charge is -2.11. The Bertz CT molecular complexity index is 557. The van der Waals surface area contributed by atoms with Crippen LogP contribution in [0.15, 0.2) is 22.6 Å². The normalized spacial score (nSPS) is 10.8. The van der Waals surface area contributed by atoms with E-state index < -0.39 is 0 Å². The van der Waals surface area contributed by atoms with E-state index in [-0.39, 0.29) is 12.4 Å². The maximum Gasteiger partial charge on any atom is 0.253 e. The van der Waals surface area contributed by atoms with E-state index in [9.17, 15) is 4.39 Å². The second-order valence-electron chi connectivity index (χ2n) is 4.43. The van der Waals surface area contributed by atoms with Crippen LogP contribution in [0.25, 0.3) is 0 Å². The zero-order chi connectivity index (χ0) is 14.4. The van der Waals surface area contributed by atoms with Crippen molar-refractivity contribution >= 4 is 0 Å². The topological polar surface area (TPSA) is 60.2 Å². The molecule has 0 aliphatic heterocycles. The Labute approximate surface area is 117 Å². The number of nitrogens with zero attached hydrogens (tertiary/aromatic N) is 2. The van der Waals surface area contributed by atoms with Crippen LogP contribution < -0.4 is 10.1 Å². The number of aromatic nitrogens is 2. The number of aryl methyl sites for hydroxylation is 1. The lowest BCUT2D eigenvalue weighted by atomic mass is 10.2. The van der Waals surface area contributed by atoms with Crippen LogP contribution in [0.1, 0.15) is 30.7 Å². The minimum Gasteiger partial charge on any atom is -0.483 e. The van der Waals surface area contributed by atoms with Crippen LogP contribution in [0.2, 0.25) is 0 Å². The van der Waals surface area contributed by atoms with E-state index in [1.165, 1.54) is 12.1 Å². The molecule has 6 heteroatoms. The maximum absolute atomic E-state index is 13.3. The van der Waals surface area contributed by atoms with Gasteiger partial charge in [-0.1, -0.05) is 6.92 Å². The SMILES string of the molecule is CCCNCc1cc(F)ccc1OCc1nnc(C)o1. The summed E-state index contributed by atoms with van der Waals surface area (Å²) >= 11 is 0. The van der Waals surface area contributed by atoms with E-state index in [1.54, 1.807) is 13.0 Å². The molecule has 0 atom stereocenters. The van der Waals surface area contributed by atoms with E-state index >= 15 is 0 Å². The van der Waals surface area contributed by atoms with Crippen molar-refractivity contribution in [3.8, 4) is 5.75 Å². The molecule has 2 rings (SSSR count). The Morgan fingerprint density at radius 3 is 2.90 bits per heavy atom. The van der Waals surface area contributed by atoms with Gasteiger partial charge in [0.05, 0.1) is 0 Å². The molecule has 1 N–H and O–H groups in total. The molecule has 5 nitrogen and oxygen atoms in total. The number of nitrogens with one attached hydrogen (secondary N) is 1. The van der Waals surface area contributed by atoms with E-state index in [0.717, 1.165) is 18.5 Å². The number of ether oxygens (including phenoxy) is 1. The van der Waals surface area contributed by atoms with Gasteiger partial charge in [-0.2, -0.15) is 0 Å². The van der Waals surface area contributed by atoms with Crippen molar-refractivity contribution in [2.45, 2.75) is 33.4 Å². The summed E-state index contributed by atoms with van der Waals surface area (Å²) in [5.74, 6) is 1.23. The first-order chi connectivity index (χ1) is 9.69. The molecule has 0 aliphatic rings. The minimum absolute atomic E-state index is 0.174. The van der Waals surface area contributed by atoms with Gasteiger partial charge in [-0.3, -0.25) is 0 Å². The van der Waals surface area contributed by atoms with Crippen LogP contribution in [0.4, 0.5) is 4.39 Å². The number of rotatable bonds is 7. The van der Waals surface area contributed by atoms with Crippen LogP contribution in [0.3, 0.4) is 0 Å². The monoisotopic (exact) mass is 279 g/mol. The van der Waals surface area contributed by atoms with Gasteiger partial charge in [0, 0.05) is 19.0 Å². The van der Waals surface area contributed by atoms with Gasteiger partial charge < -0.3 is 14.5 Å². The molecular weight excluding hydrogens is 261 g/mol. The molecule has 0 fully saturated rings. The fraction of sp³-hybridized carbons (Fsp3) is 0.429. The largest absolute Gasteiger partial charge is 0.483 e. The molecule has 0 amide bonds. The van der Waals surface area contributed by atoms with Crippen molar-refractivity contribution in [3.05, 3.63) is 41.4 Å². The van der Waals surface area contributed by atoms with Gasteiger partial charge in [0.1, 0.15) is 11.6 Å². The van der Waals surface area contributed by atoms with Crippen molar-refractivity contribution in [2.24, 2.45) is 0 Å². The Balaban J connectivity index is 2.01. The molecule has 0 saturated heterocycles. The van der Waals surface area contributed by atoms with Gasteiger partial charge in [-0.05, 0) is 31.2 Å². The molecular formula is C14H18FN3O2. The molecule has 0 unspecified atom stereocenters. The summed E-state index contributed by atoms with van der Waals surface area (Å²) in [6.07, 6.45) is 1.02. The average molecular weight is 279 g/mol. The number of benzene rings is 1. The standard InChI is InChI=1S/C14H18FN3O2/c1-3-6-16-8-11-7-12(15)4-5-13(11)19-9-14-18-17-10(2)20-14/h4-5,7,16H,3,6,8-9H2,1-2H3. The fourth-order valence-corrected chi connectivity index (χ4v) is 1.76. The van der Waals surface area contributed by atoms with Crippen LogP contribution in [0.5, 0.6) is 5.75 Å². The third-order valence-corrected chi connectivity index (χ3v) is 2.68. The zero-order valence-corrected chi connectivity index (χ0v) is 11.6. The summed E-state index contributed by atoms with van der Waals surface area (Å²) in [6.45, 7) is 5.40. The quantitative estimate of drug-likeness (QED) is 0.789. The third-order valence-electron chi connectivity index (χ3n) is 2.68. The predicted molar refractivity (Wildman–Crippen MR) is 71.8 cm³/mol. The highest BCUT2D eigenvalue weighted by atomic mass is 19.1. The molecule has 20 heavy (non-hydrogen) atoms. The molecule has 1 heterocycles. The first kappa shape index (κ1) is 14.5. The van der Waals surface area contributed by atoms with Gasteiger partial charge >= 0.3 is 0 Å². The molecule has 1 aromatic carbocycles. The highest BCUT2D eigenvalue weighted by Crippen LogP contribution is 2.20. The fourth-order valence-electron chi connectivity index (χ4n) is 1.76. The van der Waals surface area contributed by atoms with Crippen molar-refractivity contribution in [1.29, 1.82) is 0 Å². The highest BCUT2D eigenvalue weighted by molar-refractivity contribution is 5.33. The second kappa shape index (κ2) is 7.00. The Hall–Kier alpha value is -1.95. The second-order valence-corrected chi connectivity index (χ2v) is 4.43. The van der Waals surface area contributed by atoms with Crippen LogP contribution in [0, 0.1) is 12.7 Å². The number of hydrogen-bond donors (Lipinski definition) is 1. The Morgan fingerprint density at radius 1 is 1.35 bits per heavy atom. The van der Waals surface area contributed by atoms with Crippen molar-refractivity contribution in [3.63, 3.8) is 0 Å². The van der Waals surface area contributed by atoms with Crippen molar-refractivity contribution in [1.82, 2.24) is 15.5 Å². The Kier molecular flexibility index (Phi) is 5.06. The van der Waals surface area contributed by atoms with Crippen LogP contribution in [-0.4, -0.2) is 16.7 Å². The summed E-state index contributed by atoms with van der Waals surface area (Å²) in [6, 6.07) is 4.45. The average Bonchev–Trinajstić information content (AvgIpc) is 2.84. The highest BCUT2D eigenvalue weighted by Gasteiger charge is 2.08. The van der Waals surface area contributed by atoms with Gasteiger partial charge in [-0.15, -0.1) is 10.2 Å². The predicted octanol–water partition coefficient (Wildman–Crippen LogP) is 2.60. The molecule has 0 bridgehead atoms. The summed E-state index contributed by atoms with van der Waals surface area (Å²) in [5.41, 5.74) is 0.773. The number of hydrogen-bond acceptors (Lipinski definition) is 5. The van der Waals surface area contributed by atoms with Gasteiger partial charge in [0.2, 0.25) is 5.89 Å². The summed E-state index contributed by atoms with van der Waals surface area (Å²) in [4.78, 5) is 0. The zero-order valence-electron chi connectivity index (χ0n) is 11.6. The summed E-state index contributed by atoms with van der Waals surface area (Å²) < 4.78 is 24.1. The first-order valence-electron chi connectivity index (χ1n) is 6.60. The molecule has 0 radical (unpaired) electrons. The van der Waals surface area contributed by atoms with Crippen molar-refractivity contribution in [2.75, 3.05) is 6.54 Å². The molecule has 2 aromatic rings. The van der Waals surface area contributed by atoms with Gasteiger partial charge in [0.15, 0.2) is 6.61 Å². The third kappa shape index (κ3) is 4.03. The molecule has 0 saturated carbocycles. The molecule has 1 aromatic heterocycles. The minimum atomic E-state index is -0.278. The van der Waals surface area contributed by atoms with E-state index in [2.05, 4.69) is 22.4 Å². The van der Waals surface area contributed by atoms with E-state index in [4.69, 9.17) is 9.15 Å². The lowest BCUT2D eigenvalue weighted by Crippen LogP contribution is -2.15. The van der Waals surface area contributed by atoms with Gasteiger partial charge in [-0.25, -0.2) is 4.39 Å². The van der Waals surface area contributed by atoms with Crippen LogP contribution in [-0.2, 0) is 13.2 Å². The Morgan fingerprint density at radius 2 is 2.20 bits per heavy atom. The van der Waals surface area contributed by atoms with E-state index in [1.807, 2.05) is 0 Å². The smallest absolute Gasteiger partial charge is 0.253 e. The summed E-state index contributed by atoms with van der Waals surface area (Å²) in [7, 11) is 0. The maximum atomic E-state index is 13.3. The molecule has 0 aliphatic carbocycles. The lowest BCUT2D eigenvalue weighted by molar-refractivity contribution is 0.257. The van der Waals surface area contributed by atoms with Crippen molar-refractivity contribution < 1.29 is 13.5 Å². The summed E-state index contributed by atoms with van der Waals surface area (Å²) in [5, 5.41) is 10.8. The number of halogens is 1. The first-order valence-corrected chi connectivity index (χ1v) is 6.60. The van der Waals surface area contributed by atoms with E-state index in [0.29, 0.717) is 24.1 Å². The molecule has 108 valence electrons. The molecule has 0 spiro atoms. The van der Waals surface area contributed by atoms with Gasteiger partial charge in [0.25, 0.3) is 5.89 Å². The van der Waals surface area contributed by atoms with Crippen LogP contribution >= 0.6 is 0 Å².